The Hall–Kier alpha value is -2.38. The van der Waals surface area contributed by atoms with Crippen LogP contribution in [0.15, 0.2) is 46.7 Å². The van der Waals surface area contributed by atoms with Gasteiger partial charge < -0.3 is 10.4 Å². The molecule has 0 unspecified atom stereocenters. The summed E-state index contributed by atoms with van der Waals surface area (Å²) >= 11 is 3.49. The lowest BCUT2D eigenvalue weighted by Gasteiger charge is -2.10. The molecule has 0 amide bonds. The van der Waals surface area contributed by atoms with Crippen LogP contribution >= 0.6 is 23.1 Å². The lowest BCUT2D eigenvalue weighted by molar-refractivity contribution is 0.0697. The first-order chi connectivity index (χ1) is 13.0. The average Bonchev–Trinajstić information content (AvgIpc) is 3.17. The van der Waals surface area contributed by atoms with E-state index in [9.17, 15) is 4.79 Å². The molecular weight excluding hydrogens is 378 g/mol. The highest BCUT2D eigenvalue weighted by Gasteiger charge is 2.12. The van der Waals surface area contributed by atoms with Crippen LogP contribution in [-0.4, -0.2) is 34.3 Å². The van der Waals surface area contributed by atoms with Crippen LogP contribution in [0, 0.1) is 6.92 Å². The maximum atomic E-state index is 10.2. The topological polar surface area (TPSA) is 75.1 Å². The normalized spacial score (nSPS) is 10.1. The summed E-state index contributed by atoms with van der Waals surface area (Å²) in [6.45, 7) is 4.18. The van der Waals surface area contributed by atoms with Crippen molar-refractivity contribution in [3.05, 3.63) is 59.3 Å². The molecule has 0 saturated heterocycles. The highest BCUT2D eigenvalue weighted by molar-refractivity contribution is 8.00. The summed E-state index contributed by atoms with van der Waals surface area (Å²) < 4.78 is 1.29. The van der Waals surface area contributed by atoms with Gasteiger partial charge in [-0.3, -0.25) is 0 Å². The third kappa shape index (κ3) is 5.55. The van der Waals surface area contributed by atoms with E-state index in [0.717, 1.165) is 28.6 Å². The fourth-order valence-electron chi connectivity index (χ4n) is 2.47. The van der Waals surface area contributed by atoms with E-state index in [1.165, 1.54) is 9.77 Å². The van der Waals surface area contributed by atoms with Gasteiger partial charge in [0.25, 0.3) is 0 Å². The molecule has 3 aromatic rings. The summed E-state index contributed by atoms with van der Waals surface area (Å²) in [7, 11) is 1.91. The Morgan fingerprint density at radius 3 is 2.37 bits per heavy atom. The molecule has 0 radical (unpaired) electrons. The van der Waals surface area contributed by atoms with Crippen molar-refractivity contribution in [3.63, 3.8) is 0 Å². The van der Waals surface area contributed by atoms with Gasteiger partial charge in [-0.15, -0.1) is 23.1 Å². The molecule has 5 nitrogen and oxygen atoms in total. The van der Waals surface area contributed by atoms with Gasteiger partial charge in [0, 0.05) is 18.3 Å². The number of nitrogens with one attached hydrogen (secondary N) is 1. The van der Waals surface area contributed by atoms with Crippen LogP contribution in [0.25, 0.3) is 10.7 Å². The minimum Gasteiger partial charge on any atom is -0.478 e. The molecular formula is C20H23N3O2S2. The maximum absolute atomic E-state index is 10.2. The number of nitrogens with zero attached hydrogens (tertiary/aromatic N) is 2. The predicted molar refractivity (Wildman–Crippen MR) is 114 cm³/mol. The quantitative estimate of drug-likeness (QED) is 0.571. The Labute approximate surface area is 167 Å². The maximum Gasteiger partial charge on any atom is 0.335 e. The largest absolute Gasteiger partial charge is 0.478 e. The molecule has 0 saturated carbocycles. The summed E-state index contributed by atoms with van der Waals surface area (Å²) in [4.78, 5) is 20.6. The molecule has 0 aliphatic carbocycles. The number of rotatable bonds is 5. The number of benzene rings is 1. The van der Waals surface area contributed by atoms with E-state index in [2.05, 4.69) is 40.6 Å². The number of thiophene rings is 1. The summed E-state index contributed by atoms with van der Waals surface area (Å²) in [6, 6.07) is 12.5. The minimum atomic E-state index is -0.879. The summed E-state index contributed by atoms with van der Waals surface area (Å²) in [5.74, 6) is 0.883. The first-order valence-electron chi connectivity index (χ1n) is 8.47. The number of carboxylic acid groups (broad SMARTS) is 1. The van der Waals surface area contributed by atoms with Crippen molar-refractivity contribution in [1.29, 1.82) is 0 Å². The van der Waals surface area contributed by atoms with Crippen LogP contribution in [-0.2, 0) is 6.42 Å². The van der Waals surface area contributed by atoms with Crippen molar-refractivity contribution in [2.45, 2.75) is 24.5 Å². The predicted octanol–water partition coefficient (Wildman–Crippen LogP) is 5.22. The lowest BCUT2D eigenvalue weighted by Crippen LogP contribution is -2.04. The highest BCUT2D eigenvalue weighted by atomic mass is 32.2. The number of carboxylic acids is 1. The number of thioether (sulfide) groups is 1. The summed E-state index contributed by atoms with van der Waals surface area (Å²) in [5.41, 5.74) is 2.59. The van der Waals surface area contributed by atoms with Crippen molar-refractivity contribution in [1.82, 2.24) is 9.97 Å². The number of hydrogen-bond donors (Lipinski definition) is 2. The van der Waals surface area contributed by atoms with Crippen LogP contribution in [0.3, 0.4) is 0 Å². The van der Waals surface area contributed by atoms with Gasteiger partial charge in [-0.05, 0) is 43.9 Å². The van der Waals surface area contributed by atoms with E-state index < -0.39 is 5.97 Å². The highest BCUT2D eigenvalue weighted by Crippen LogP contribution is 2.32. The van der Waals surface area contributed by atoms with Gasteiger partial charge in [0.05, 0.1) is 14.6 Å². The lowest BCUT2D eigenvalue weighted by atomic mass is 10.1. The third-order valence-electron chi connectivity index (χ3n) is 3.83. The number of aryl methyl sites for hydroxylation is 1. The third-order valence-corrected chi connectivity index (χ3v) is 5.99. The molecule has 0 aliphatic heterocycles. The second-order valence-corrected chi connectivity index (χ2v) is 7.75. The summed E-state index contributed by atoms with van der Waals surface area (Å²) in [5, 5.41) is 11.6. The van der Waals surface area contributed by atoms with Gasteiger partial charge in [0.2, 0.25) is 0 Å². The monoisotopic (exact) mass is 401 g/mol. The second-order valence-electron chi connectivity index (χ2n) is 5.56. The van der Waals surface area contributed by atoms with Gasteiger partial charge in [-0.1, -0.05) is 25.1 Å². The molecule has 0 spiro atoms. The SMILES string of the molecule is CCc1c(C)nc(-c2ccc(SC)s2)nc1NC.O=C(O)c1ccccc1. The van der Waals surface area contributed by atoms with Gasteiger partial charge in [-0.25, -0.2) is 14.8 Å². The number of hydrogen-bond acceptors (Lipinski definition) is 6. The number of aromatic carboxylic acids is 1. The van der Waals surface area contributed by atoms with E-state index in [1.807, 2.05) is 14.0 Å². The fraction of sp³-hybridized carbons (Fsp3) is 0.250. The van der Waals surface area contributed by atoms with Crippen LogP contribution < -0.4 is 5.32 Å². The molecule has 1 aromatic carbocycles. The summed E-state index contributed by atoms with van der Waals surface area (Å²) in [6.07, 6.45) is 3.03. The minimum absolute atomic E-state index is 0.331. The van der Waals surface area contributed by atoms with E-state index in [0.29, 0.717) is 5.56 Å². The Kier molecular flexibility index (Phi) is 7.82. The molecule has 27 heavy (non-hydrogen) atoms. The van der Waals surface area contributed by atoms with Gasteiger partial charge >= 0.3 is 5.97 Å². The molecule has 7 heteroatoms. The first-order valence-corrected chi connectivity index (χ1v) is 10.5. The molecule has 0 bridgehead atoms. The smallest absolute Gasteiger partial charge is 0.335 e. The van der Waals surface area contributed by atoms with E-state index in [1.54, 1.807) is 53.4 Å². The van der Waals surface area contributed by atoms with E-state index >= 15 is 0 Å². The molecule has 2 heterocycles. The van der Waals surface area contributed by atoms with Crippen molar-refractivity contribution in [2.75, 3.05) is 18.6 Å². The standard InChI is InChI=1S/C13H17N3S2.C7H6O2/c1-5-9-8(2)15-13(16-12(9)14-3)10-6-7-11(17-4)18-10;8-7(9)6-4-2-1-3-5-6/h6-7H,5H2,1-4H3,(H,14,15,16);1-5H,(H,8,9). The number of aromatic nitrogens is 2. The van der Waals surface area contributed by atoms with Gasteiger partial charge in [-0.2, -0.15) is 0 Å². The molecule has 3 rings (SSSR count). The zero-order valence-corrected chi connectivity index (χ0v) is 17.4. The number of carbonyl (C=O) groups is 1. The van der Waals surface area contributed by atoms with E-state index in [-0.39, 0.29) is 0 Å². The van der Waals surface area contributed by atoms with Crippen molar-refractivity contribution in [2.24, 2.45) is 0 Å². The Morgan fingerprint density at radius 2 is 1.89 bits per heavy atom. The Balaban J connectivity index is 0.000000244. The molecule has 0 atom stereocenters. The molecule has 142 valence electrons. The van der Waals surface area contributed by atoms with Gasteiger partial charge in [0.1, 0.15) is 5.82 Å². The molecule has 2 N–H and O–H groups in total. The van der Waals surface area contributed by atoms with E-state index in [4.69, 9.17) is 5.11 Å². The van der Waals surface area contributed by atoms with Crippen LogP contribution in [0.5, 0.6) is 0 Å². The van der Waals surface area contributed by atoms with Crippen molar-refractivity contribution >= 4 is 34.9 Å². The molecule has 2 aromatic heterocycles. The van der Waals surface area contributed by atoms with Crippen LogP contribution in [0.2, 0.25) is 0 Å². The fourth-order valence-corrected chi connectivity index (χ4v) is 3.95. The average molecular weight is 402 g/mol. The van der Waals surface area contributed by atoms with Crippen LogP contribution in [0.1, 0.15) is 28.5 Å². The van der Waals surface area contributed by atoms with Gasteiger partial charge in [0.15, 0.2) is 5.82 Å². The second kappa shape index (κ2) is 10.1. The zero-order valence-electron chi connectivity index (χ0n) is 15.8. The Bertz CT molecular complexity index is 895. The van der Waals surface area contributed by atoms with Crippen LogP contribution in [0.4, 0.5) is 5.82 Å². The Morgan fingerprint density at radius 1 is 1.19 bits per heavy atom. The molecule has 0 fully saturated rings. The van der Waals surface area contributed by atoms with Crippen molar-refractivity contribution in [3.8, 4) is 10.7 Å². The molecule has 0 aliphatic rings. The van der Waals surface area contributed by atoms with Crippen molar-refractivity contribution < 1.29 is 9.90 Å². The number of anilines is 1. The zero-order chi connectivity index (χ0) is 19.8. The first kappa shape index (κ1) is 20.9.